The van der Waals surface area contributed by atoms with Crippen molar-refractivity contribution in [2.75, 3.05) is 20.3 Å². The monoisotopic (exact) mass is 879 g/mol. The predicted molar refractivity (Wildman–Crippen MR) is 237 cm³/mol. The molecular formula is C51H61NO12. The summed E-state index contributed by atoms with van der Waals surface area (Å²) in [5.41, 5.74) is 1.72. The Morgan fingerprint density at radius 1 is 0.656 bits per heavy atom. The number of carbonyl (C=O) groups is 2. The lowest BCUT2D eigenvalue weighted by molar-refractivity contribution is -0.351. The second-order valence-electron chi connectivity index (χ2n) is 18.3. The molecule has 7 rings (SSSR count). The van der Waals surface area contributed by atoms with Crippen LogP contribution in [0.5, 0.6) is 0 Å². The second-order valence-corrected chi connectivity index (χ2v) is 18.3. The zero-order chi connectivity index (χ0) is 45.3. The van der Waals surface area contributed by atoms with Gasteiger partial charge in [0, 0.05) is 18.1 Å². The van der Waals surface area contributed by atoms with Crippen LogP contribution in [0.2, 0.25) is 0 Å². The highest BCUT2D eigenvalue weighted by Gasteiger charge is 2.55. The van der Waals surface area contributed by atoms with Gasteiger partial charge in [-0.1, -0.05) is 142 Å². The summed E-state index contributed by atoms with van der Waals surface area (Å²) in [6.45, 7) is 11.3. The summed E-state index contributed by atoms with van der Waals surface area (Å²) < 4.78 is 65.7. The van der Waals surface area contributed by atoms with Crippen LogP contribution in [0.3, 0.4) is 0 Å². The average Bonchev–Trinajstić information content (AvgIpc) is 3.29. The van der Waals surface area contributed by atoms with E-state index >= 15 is 0 Å². The van der Waals surface area contributed by atoms with Gasteiger partial charge in [-0.3, -0.25) is 9.59 Å². The first kappa shape index (κ1) is 47.3. The van der Waals surface area contributed by atoms with Gasteiger partial charge in [0.1, 0.15) is 42.3 Å². The van der Waals surface area contributed by atoms with Crippen LogP contribution in [0, 0.1) is 10.8 Å². The SMILES string of the molecule is CO[C@H]1O[C@H](COCc2ccccc2)[C@@H](OC2O[C@@H]3COC(c4ccccc4)O[C@H]3[C@H](OC(=O)C(C)(C)C)C2=NC(=O)C(C)(C)C)[C@H](OCc2ccccc2)[C@H]1OCc1ccccc1. The van der Waals surface area contributed by atoms with Gasteiger partial charge in [-0.25, -0.2) is 4.99 Å². The number of aliphatic imine (C=N–C) groups is 1. The van der Waals surface area contributed by atoms with E-state index in [1.54, 1.807) is 48.7 Å². The van der Waals surface area contributed by atoms with Gasteiger partial charge in [0.2, 0.25) is 6.29 Å². The fraction of sp³-hybridized carbons (Fsp3) is 0.471. The summed E-state index contributed by atoms with van der Waals surface area (Å²) >= 11 is 0. The number of hydrogen-bond acceptors (Lipinski definition) is 12. The quantitative estimate of drug-likeness (QED) is 0.107. The predicted octanol–water partition coefficient (Wildman–Crippen LogP) is 7.94. The van der Waals surface area contributed by atoms with E-state index in [4.69, 9.17) is 52.4 Å². The third-order valence-corrected chi connectivity index (χ3v) is 11.0. The number of hydrogen-bond donors (Lipinski definition) is 0. The van der Waals surface area contributed by atoms with Gasteiger partial charge in [0.05, 0.1) is 38.4 Å². The van der Waals surface area contributed by atoms with E-state index in [2.05, 4.69) is 0 Å². The van der Waals surface area contributed by atoms with Crippen LogP contribution < -0.4 is 0 Å². The Bertz CT molecular complexity index is 2110. The molecule has 0 aliphatic carbocycles. The number of rotatable bonds is 15. The van der Waals surface area contributed by atoms with Crippen LogP contribution in [0.1, 0.15) is 70.1 Å². The van der Waals surface area contributed by atoms with Crippen molar-refractivity contribution in [3.05, 3.63) is 144 Å². The molecule has 3 aliphatic heterocycles. The topological polar surface area (TPSA) is 139 Å². The van der Waals surface area contributed by atoms with E-state index in [0.717, 1.165) is 22.3 Å². The third kappa shape index (κ3) is 12.2. The molecule has 2 unspecified atom stereocenters. The summed E-state index contributed by atoms with van der Waals surface area (Å²) in [7, 11) is 1.55. The molecule has 342 valence electrons. The summed E-state index contributed by atoms with van der Waals surface area (Å²) in [6, 6.07) is 38.7. The number of amides is 1. The Balaban J connectivity index is 1.30. The number of methoxy groups -OCH3 is 1. The molecule has 3 heterocycles. The molecule has 0 spiro atoms. The Morgan fingerprint density at radius 2 is 1.20 bits per heavy atom. The van der Waals surface area contributed by atoms with Gasteiger partial charge < -0.3 is 47.4 Å². The molecule has 0 saturated carbocycles. The van der Waals surface area contributed by atoms with Crippen molar-refractivity contribution in [3.8, 4) is 0 Å². The number of carbonyl (C=O) groups excluding carboxylic acids is 2. The van der Waals surface area contributed by atoms with Gasteiger partial charge in [-0.15, -0.1) is 0 Å². The average molecular weight is 880 g/mol. The van der Waals surface area contributed by atoms with Crippen molar-refractivity contribution >= 4 is 17.6 Å². The first-order valence-electron chi connectivity index (χ1n) is 21.9. The fourth-order valence-electron chi connectivity index (χ4n) is 7.44. The number of fused-ring (bicyclic) bond motifs is 1. The van der Waals surface area contributed by atoms with Crippen molar-refractivity contribution in [3.63, 3.8) is 0 Å². The van der Waals surface area contributed by atoms with Crippen molar-refractivity contribution in [1.82, 2.24) is 0 Å². The van der Waals surface area contributed by atoms with E-state index in [9.17, 15) is 9.59 Å². The minimum absolute atomic E-state index is 0.0221. The summed E-state index contributed by atoms with van der Waals surface area (Å²) in [5.74, 6) is -1.02. The van der Waals surface area contributed by atoms with Gasteiger partial charge in [0.25, 0.3) is 5.91 Å². The van der Waals surface area contributed by atoms with Crippen LogP contribution in [-0.2, 0) is 76.8 Å². The smallest absolute Gasteiger partial charge is 0.311 e. The number of esters is 1. The molecule has 64 heavy (non-hydrogen) atoms. The molecule has 13 nitrogen and oxygen atoms in total. The maximum Gasteiger partial charge on any atom is 0.311 e. The molecule has 0 radical (unpaired) electrons. The molecule has 0 bridgehead atoms. The van der Waals surface area contributed by atoms with Gasteiger partial charge in [0.15, 0.2) is 18.7 Å². The van der Waals surface area contributed by atoms with Crippen LogP contribution in [0.25, 0.3) is 0 Å². The van der Waals surface area contributed by atoms with E-state index in [1.807, 2.05) is 121 Å². The summed E-state index contributed by atoms with van der Waals surface area (Å²) in [4.78, 5) is 32.7. The Morgan fingerprint density at radius 3 is 1.75 bits per heavy atom. The molecule has 3 fully saturated rings. The summed E-state index contributed by atoms with van der Waals surface area (Å²) in [5, 5.41) is 0. The number of ether oxygens (including phenoxy) is 10. The van der Waals surface area contributed by atoms with Crippen molar-refractivity contribution in [1.29, 1.82) is 0 Å². The van der Waals surface area contributed by atoms with Crippen LogP contribution in [-0.4, -0.2) is 93.2 Å². The minimum atomic E-state index is -1.40. The Hall–Kier alpha value is -4.67. The van der Waals surface area contributed by atoms with Crippen LogP contribution >= 0.6 is 0 Å². The standard InChI is InChI=1S/C51H61NO12/c1-50(2,3)48(53)52-39-42(64-49(54)51(4,5)6)40-38(32-59-45(62-40)36-26-18-11-19-27-36)60-46(39)63-41-37(31-56-28-33-20-12-8-13-21-33)61-47(55-7)44(58-30-35-24-16-10-17-25-35)43(41)57-29-34-22-14-9-15-23-34/h8-27,37-38,40-47H,28-32H2,1-7H3/t37-,38-,40-,41-,42-,43+,44-,45?,46?,47+/m1/s1. The second kappa shape index (κ2) is 21.5. The van der Waals surface area contributed by atoms with E-state index in [0.29, 0.717) is 0 Å². The molecule has 3 saturated heterocycles. The maximum absolute atomic E-state index is 14.1. The minimum Gasteiger partial charge on any atom is -0.453 e. The highest BCUT2D eigenvalue weighted by molar-refractivity contribution is 6.03. The van der Waals surface area contributed by atoms with Crippen molar-refractivity contribution in [2.24, 2.45) is 15.8 Å². The number of benzene rings is 4. The lowest BCUT2D eigenvalue weighted by Crippen LogP contribution is -2.66. The van der Waals surface area contributed by atoms with Crippen LogP contribution in [0.15, 0.2) is 126 Å². The summed E-state index contributed by atoms with van der Waals surface area (Å²) in [6.07, 6.45) is -9.71. The third-order valence-electron chi connectivity index (χ3n) is 11.0. The number of nitrogens with zero attached hydrogens (tertiary/aromatic N) is 1. The maximum atomic E-state index is 14.1. The largest absolute Gasteiger partial charge is 0.453 e. The van der Waals surface area contributed by atoms with Crippen molar-refractivity contribution in [2.45, 2.75) is 123 Å². The Kier molecular flexibility index (Phi) is 15.9. The fourth-order valence-corrected chi connectivity index (χ4v) is 7.44. The van der Waals surface area contributed by atoms with E-state index in [1.165, 1.54) is 0 Å². The Labute approximate surface area is 376 Å². The first-order valence-corrected chi connectivity index (χ1v) is 21.9. The molecular weight excluding hydrogens is 819 g/mol. The molecule has 4 aromatic rings. The molecule has 13 heteroatoms. The van der Waals surface area contributed by atoms with Crippen LogP contribution in [0.4, 0.5) is 0 Å². The van der Waals surface area contributed by atoms with Gasteiger partial charge >= 0.3 is 5.97 Å². The molecule has 0 aromatic heterocycles. The molecule has 0 N–H and O–H groups in total. The lowest BCUT2D eigenvalue weighted by atomic mass is 9.93. The molecule has 4 aromatic carbocycles. The molecule has 3 aliphatic rings. The molecule has 10 atom stereocenters. The van der Waals surface area contributed by atoms with Gasteiger partial charge in [-0.05, 0) is 37.5 Å². The zero-order valence-corrected chi connectivity index (χ0v) is 37.7. The lowest BCUT2D eigenvalue weighted by Gasteiger charge is -2.49. The molecule has 1 amide bonds. The van der Waals surface area contributed by atoms with Crippen molar-refractivity contribution < 1.29 is 57.0 Å². The van der Waals surface area contributed by atoms with E-state index in [-0.39, 0.29) is 38.7 Å². The normalized spacial score (nSPS) is 28.0. The van der Waals surface area contributed by atoms with E-state index < -0.39 is 84.3 Å². The highest BCUT2D eigenvalue weighted by Crippen LogP contribution is 2.39. The first-order chi connectivity index (χ1) is 30.8. The zero-order valence-electron chi connectivity index (χ0n) is 37.7. The highest BCUT2D eigenvalue weighted by atomic mass is 16.8. The van der Waals surface area contributed by atoms with Gasteiger partial charge in [-0.2, -0.15) is 0 Å².